The zero-order valence-corrected chi connectivity index (χ0v) is 11.7. The van der Waals surface area contributed by atoms with Gasteiger partial charge >= 0.3 is 0 Å². The van der Waals surface area contributed by atoms with Crippen LogP contribution in [-0.4, -0.2) is 34.8 Å². The third-order valence-electron chi connectivity index (χ3n) is 5.02. The molecule has 2 aliphatic rings. The summed E-state index contributed by atoms with van der Waals surface area (Å²) in [6, 6.07) is 0. The third kappa shape index (κ3) is 1.65. The number of rotatable bonds is 2. The van der Waals surface area contributed by atoms with Gasteiger partial charge in [-0.15, -0.1) is 0 Å². The molecule has 0 aromatic rings. The van der Waals surface area contributed by atoms with E-state index in [0.29, 0.717) is 12.8 Å². The van der Waals surface area contributed by atoms with Gasteiger partial charge in [-0.3, -0.25) is 9.59 Å². The monoisotopic (exact) mass is 252 g/mol. The molecule has 0 aromatic carbocycles. The van der Waals surface area contributed by atoms with Gasteiger partial charge in [0.1, 0.15) is 11.1 Å². The number of nitrogens with one attached hydrogen (secondary N) is 1. The predicted octanol–water partition coefficient (Wildman–Crippen LogP) is 1.84. The lowest BCUT2D eigenvalue weighted by molar-refractivity contribution is -0.163. The first-order valence-electron chi connectivity index (χ1n) is 7.13. The van der Waals surface area contributed by atoms with Gasteiger partial charge in [-0.05, 0) is 25.7 Å². The van der Waals surface area contributed by atoms with Crippen molar-refractivity contribution >= 4 is 11.8 Å². The molecule has 2 fully saturated rings. The molecular weight excluding hydrogens is 228 g/mol. The summed E-state index contributed by atoms with van der Waals surface area (Å²) in [7, 11) is 1.81. The van der Waals surface area contributed by atoms with Crippen molar-refractivity contribution in [3.8, 4) is 0 Å². The second-order valence-electron chi connectivity index (χ2n) is 5.70. The van der Waals surface area contributed by atoms with E-state index >= 15 is 0 Å². The van der Waals surface area contributed by atoms with Crippen LogP contribution in [0.25, 0.3) is 0 Å². The topological polar surface area (TPSA) is 49.4 Å². The maximum absolute atomic E-state index is 12.6. The normalized spacial score (nSPS) is 26.3. The van der Waals surface area contributed by atoms with Crippen molar-refractivity contribution in [3.63, 3.8) is 0 Å². The minimum Gasteiger partial charge on any atom is -0.340 e. The van der Waals surface area contributed by atoms with Crippen LogP contribution in [0.15, 0.2) is 0 Å². The predicted molar refractivity (Wildman–Crippen MR) is 70.0 cm³/mol. The molecule has 1 saturated heterocycles. The minimum atomic E-state index is -0.672. The second-order valence-corrected chi connectivity index (χ2v) is 5.70. The highest BCUT2D eigenvalue weighted by molar-refractivity contribution is 6.02. The van der Waals surface area contributed by atoms with Crippen molar-refractivity contribution in [3.05, 3.63) is 0 Å². The summed E-state index contributed by atoms with van der Waals surface area (Å²) >= 11 is 0. The van der Waals surface area contributed by atoms with Crippen LogP contribution in [0.1, 0.15) is 58.8 Å². The molecule has 4 heteroatoms. The number of carbonyl (C=O) groups excluding carboxylic acids is 2. The van der Waals surface area contributed by atoms with Gasteiger partial charge in [-0.25, -0.2) is 0 Å². The Morgan fingerprint density at radius 1 is 1.11 bits per heavy atom. The molecule has 2 amide bonds. The maximum atomic E-state index is 12.6. The first-order valence-corrected chi connectivity index (χ1v) is 7.13. The van der Waals surface area contributed by atoms with E-state index in [9.17, 15) is 9.59 Å². The van der Waals surface area contributed by atoms with Gasteiger partial charge in [-0.1, -0.05) is 33.1 Å². The van der Waals surface area contributed by atoms with Crippen molar-refractivity contribution in [2.45, 2.75) is 69.9 Å². The van der Waals surface area contributed by atoms with E-state index in [-0.39, 0.29) is 11.8 Å². The Kier molecular flexibility index (Phi) is 3.39. The van der Waals surface area contributed by atoms with Crippen LogP contribution in [-0.2, 0) is 9.59 Å². The van der Waals surface area contributed by atoms with E-state index < -0.39 is 11.1 Å². The Morgan fingerprint density at radius 2 is 1.67 bits per heavy atom. The van der Waals surface area contributed by atoms with Crippen LogP contribution in [0.2, 0.25) is 0 Å². The van der Waals surface area contributed by atoms with Gasteiger partial charge in [0.2, 0.25) is 11.8 Å². The van der Waals surface area contributed by atoms with Crippen LogP contribution in [0.4, 0.5) is 0 Å². The number of likely N-dealkylation sites (N-methyl/N-ethyl adjacent to an activating group) is 1. The molecule has 18 heavy (non-hydrogen) atoms. The number of nitrogens with zero attached hydrogens (tertiary/aromatic N) is 1. The van der Waals surface area contributed by atoms with Crippen LogP contribution < -0.4 is 5.32 Å². The molecule has 1 saturated carbocycles. The average molecular weight is 252 g/mol. The maximum Gasteiger partial charge on any atom is 0.248 e. The van der Waals surface area contributed by atoms with E-state index in [1.165, 1.54) is 6.42 Å². The quantitative estimate of drug-likeness (QED) is 0.815. The van der Waals surface area contributed by atoms with Crippen LogP contribution >= 0.6 is 0 Å². The van der Waals surface area contributed by atoms with Gasteiger partial charge in [0.15, 0.2) is 0 Å². The molecule has 0 atom stereocenters. The van der Waals surface area contributed by atoms with Crippen LogP contribution in [0, 0.1) is 0 Å². The Hall–Kier alpha value is -1.06. The van der Waals surface area contributed by atoms with E-state index in [2.05, 4.69) is 5.32 Å². The SMILES string of the molecule is CCC1(CC)NC(=O)C2(CCCCC2)N(C)C1=O. The van der Waals surface area contributed by atoms with Crippen molar-refractivity contribution < 1.29 is 9.59 Å². The fourth-order valence-electron chi connectivity index (χ4n) is 3.48. The number of amides is 2. The molecule has 1 N–H and O–H groups in total. The molecule has 102 valence electrons. The Bertz CT molecular complexity index is 355. The van der Waals surface area contributed by atoms with Crippen molar-refractivity contribution in [1.29, 1.82) is 0 Å². The lowest BCUT2D eigenvalue weighted by atomic mass is 9.74. The standard InChI is InChI=1S/C14H24N2O2/c1-4-13(5-2)12(18)16(3)14(11(17)15-13)9-7-6-8-10-14/h4-10H2,1-3H3,(H,15,17). The van der Waals surface area contributed by atoms with E-state index in [1.54, 1.807) is 4.90 Å². The molecule has 2 rings (SSSR count). The third-order valence-corrected chi connectivity index (χ3v) is 5.02. The van der Waals surface area contributed by atoms with Crippen molar-refractivity contribution in [2.75, 3.05) is 7.05 Å². The summed E-state index contributed by atoms with van der Waals surface area (Å²) in [4.78, 5) is 26.9. The zero-order chi connectivity index (χ0) is 13.4. The second kappa shape index (κ2) is 4.56. The van der Waals surface area contributed by atoms with Gasteiger partial charge in [0, 0.05) is 7.05 Å². The molecule has 1 heterocycles. The average Bonchev–Trinajstić information content (AvgIpc) is 2.42. The zero-order valence-electron chi connectivity index (χ0n) is 11.7. The first kappa shape index (κ1) is 13.4. The molecule has 1 spiro atoms. The van der Waals surface area contributed by atoms with Crippen LogP contribution in [0.5, 0.6) is 0 Å². The van der Waals surface area contributed by atoms with Crippen LogP contribution in [0.3, 0.4) is 0 Å². The number of hydrogen-bond donors (Lipinski definition) is 1. The summed E-state index contributed by atoms with van der Waals surface area (Å²) in [5.41, 5.74) is -1.24. The molecular formula is C14H24N2O2. The molecule has 0 bridgehead atoms. The number of hydrogen-bond acceptors (Lipinski definition) is 2. The summed E-state index contributed by atoms with van der Waals surface area (Å²) in [6.07, 6.45) is 6.19. The molecule has 4 nitrogen and oxygen atoms in total. The Labute approximate surface area is 109 Å². The van der Waals surface area contributed by atoms with Gasteiger partial charge in [-0.2, -0.15) is 0 Å². The summed E-state index contributed by atoms with van der Waals surface area (Å²) in [6.45, 7) is 3.93. The minimum absolute atomic E-state index is 0.0630. The first-order chi connectivity index (χ1) is 8.52. The number of carbonyl (C=O) groups is 2. The molecule has 0 radical (unpaired) electrons. The summed E-state index contributed by atoms with van der Waals surface area (Å²) in [5, 5.41) is 3.04. The lowest BCUT2D eigenvalue weighted by Gasteiger charge is -2.52. The molecule has 0 unspecified atom stereocenters. The van der Waals surface area contributed by atoms with E-state index in [1.807, 2.05) is 20.9 Å². The number of piperazine rings is 1. The fourth-order valence-corrected chi connectivity index (χ4v) is 3.48. The van der Waals surface area contributed by atoms with Crippen molar-refractivity contribution in [2.24, 2.45) is 0 Å². The Balaban J connectivity index is 2.34. The highest BCUT2D eigenvalue weighted by Crippen LogP contribution is 2.38. The highest BCUT2D eigenvalue weighted by atomic mass is 16.2. The van der Waals surface area contributed by atoms with E-state index in [0.717, 1.165) is 25.7 Å². The summed E-state index contributed by atoms with van der Waals surface area (Å²) in [5.74, 6) is 0.155. The smallest absolute Gasteiger partial charge is 0.248 e. The fraction of sp³-hybridized carbons (Fsp3) is 0.857. The molecule has 1 aliphatic carbocycles. The molecule has 0 aromatic heterocycles. The van der Waals surface area contributed by atoms with Gasteiger partial charge < -0.3 is 10.2 Å². The Morgan fingerprint density at radius 3 is 2.17 bits per heavy atom. The summed E-state index contributed by atoms with van der Waals surface area (Å²) < 4.78 is 0. The van der Waals surface area contributed by atoms with Gasteiger partial charge in [0.25, 0.3) is 0 Å². The van der Waals surface area contributed by atoms with Crippen molar-refractivity contribution in [1.82, 2.24) is 10.2 Å². The lowest BCUT2D eigenvalue weighted by Crippen LogP contribution is -2.74. The van der Waals surface area contributed by atoms with E-state index in [4.69, 9.17) is 0 Å². The largest absolute Gasteiger partial charge is 0.340 e. The highest BCUT2D eigenvalue weighted by Gasteiger charge is 2.55. The molecule has 1 aliphatic heterocycles. The van der Waals surface area contributed by atoms with Gasteiger partial charge in [0.05, 0.1) is 0 Å².